The largest absolute Gasteiger partial charge is 0.340 e. The molecule has 8 nitrogen and oxygen atoms in total. The maximum Gasteiger partial charge on any atom is 0.224 e. The third-order valence-corrected chi connectivity index (χ3v) is 4.48. The van der Waals surface area contributed by atoms with Crippen molar-refractivity contribution in [3.8, 4) is 0 Å². The highest BCUT2D eigenvalue weighted by molar-refractivity contribution is 7.89. The second-order valence-electron chi connectivity index (χ2n) is 4.90. The SMILES string of the molecule is NCCNCCCNCCN1CC(S(N)(=O)=O)CC1=O. The molecule has 9 heteroatoms. The zero-order chi connectivity index (χ0) is 15.0. The van der Waals surface area contributed by atoms with Crippen LogP contribution in [0, 0.1) is 0 Å². The van der Waals surface area contributed by atoms with Gasteiger partial charge in [0.1, 0.15) is 5.25 Å². The molecule has 0 spiro atoms. The van der Waals surface area contributed by atoms with Crippen LogP contribution in [0.1, 0.15) is 12.8 Å². The van der Waals surface area contributed by atoms with E-state index in [0.29, 0.717) is 19.6 Å². The molecule has 1 atom stereocenters. The van der Waals surface area contributed by atoms with Crippen LogP contribution >= 0.6 is 0 Å². The number of hydrogen-bond acceptors (Lipinski definition) is 6. The molecule has 0 aliphatic carbocycles. The summed E-state index contributed by atoms with van der Waals surface area (Å²) in [4.78, 5) is 13.2. The van der Waals surface area contributed by atoms with Crippen LogP contribution in [0.15, 0.2) is 0 Å². The minimum atomic E-state index is -3.62. The molecule has 1 amide bonds. The van der Waals surface area contributed by atoms with Gasteiger partial charge in [-0.3, -0.25) is 4.79 Å². The highest BCUT2D eigenvalue weighted by Crippen LogP contribution is 2.15. The van der Waals surface area contributed by atoms with Crippen LogP contribution in [0.5, 0.6) is 0 Å². The number of likely N-dealkylation sites (tertiary alicyclic amines) is 1. The van der Waals surface area contributed by atoms with Crippen molar-refractivity contribution in [1.82, 2.24) is 15.5 Å². The molecule has 0 aromatic carbocycles. The lowest BCUT2D eigenvalue weighted by atomic mass is 10.4. The van der Waals surface area contributed by atoms with E-state index in [0.717, 1.165) is 26.1 Å². The summed E-state index contributed by atoms with van der Waals surface area (Å²) in [5, 5.41) is 10.7. The Balaban J connectivity index is 2.09. The Kier molecular flexibility index (Phi) is 7.38. The lowest BCUT2D eigenvalue weighted by Crippen LogP contribution is -2.36. The van der Waals surface area contributed by atoms with E-state index in [4.69, 9.17) is 10.9 Å². The monoisotopic (exact) mass is 307 g/mol. The van der Waals surface area contributed by atoms with Gasteiger partial charge in [-0.2, -0.15) is 0 Å². The van der Waals surface area contributed by atoms with Crippen molar-refractivity contribution < 1.29 is 13.2 Å². The van der Waals surface area contributed by atoms with Crippen LogP contribution in [0.4, 0.5) is 0 Å². The van der Waals surface area contributed by atoms with Gasteiger partial charge in [-0.25, -0.2) is 13.6 Å². The molecular weight excluding hydrogens is 282 g/mol. The summed E-state index contributed by atoms with van der Waals surface area (Å²) in [6.45, 7) is 4.57. The maximum atomic E-state index is 11.6. The molecule has 6 N–H and O–H groups in total. The van der Waals surface area contributed by atoms with Gasteiger partial charge in [0, 0.05) is 39.1 Å². The second-order valence-corrected chi connectivity index (χ2v) is 6.74. The Labute approximate surface area is 120 Å². The van der Waals surface area contributed by atoms with Gasteiger partial charge in [-0.05, 0) is 19.5 Å². The Hall–Kier alpha value is -0.740. The molecule has 1 fully saturated rings. The summed E-state index contributed by atoms with van der Waals surface area (Å²) in [6, 6.07) is 0. The van der Waals surface area contributed by atoms with E-state index < -0.39 is 15.3 Å². The van der Waals surface area contributed by atoms with E-state index in [9.17, 15) is 13.2 Å². The van der Waals surface area contributed by atoms with Gasteiger partial charge in [0.15, 0.2) is 0 Å². The van der Waals surface area contributed by atoms with E-state index in [1.807, 2.05) is 0 Å². The van der Waals surface area contributed by atoms with Gasteiger partial charge in [0.25, 0.3) is 0 Å². The number of amides is 1. The first kappa shape index (κ1) is 17.3. The van der Waals surface area contributed by atoms with Crippen molar-refractivity contribution in [3.63, 3.8) is 0 Å². The Bertz CT molecular complexity index is 401. The lowest BCUT2D eigenvalue weighted by Gasteiger charge is -2.16. The molecule has 0 bridgehead atoms. The molecule has 0 saturated carbocycles. The number of nitrogens with two attached hydrogens (primary N) is 2. The lowest BCUT2D eigenvalue weighted by molar-refractivity contribution is -0.127. The van der Waals surface area contributed by atoms with Crippen LogP contribution < -0.4 is 21.5 Å². The van der Waals surface area contributed by atoms with Gasteiger partial charge in [-0.15, -0.1) is 0 Å². The molecule has 0 aromatic rings. The van der Waals surface area contributed by atoms with Crippen LogP contribution in [0.3, 0.4) is 0 Å². The first-order valence-corrected chi connectivity index (χ1v) is 8.47. The Morgan fingerprint density at radius 3 is 2.40 bits per heavy atom. The minimum Gasteiger partial charge on any atom is -0.340 e. The summed E-state index contributed by atoms with van der Waals surface area (Å²) in [5.74, 6) is -0.143. The van der Waals surface area contributed by atoms with Crippen LogP contribution in [0.25, 0.3) is 0 Å². The Morgan fingerprint density at radius 1 is 1.20 bits per heavy atom. The number of hydrogen-bond donors (Lipinski definition) is 4. The molecular formula is C11H25N5O3S. The van der Waals surface area contributed by atoms with Gasteiger partial charge in [0.2, 0.25) is 15.9 Å². The maximum absolute atomic E-state index is 11.6. The number of carbonyl (C=O) groups excluding carboxylic acids is 1. The quantitative estimate of drug-likeness (QED) is 0.327. The molecule has 1 saturated heterocycles. The summed E-state index contributed by atoms with van der Waals surface area (Å²) in [6.07, 6.45) is 0.982. The fraction of sp³-hybridized carbons (Fsp3) is 0.909. The average Bonchev–Trinajstić information content (AvgIpc) is 2.74. The molecule has 1 aliphatic rings. The number of sulfonamides is 1. The number of nitrogens with zero attached hydrogens (tertiary/aromatic N) is 1. The van der Waals surface area contributed by atoms with Gasteiger partial charge >= 0.3 is 0 Å². The number of nitrogens with one attached hydrogen (secondary N) is 2. The predicted molar refractivity (Wildman–Crippen MR) is 77.5 cm³/mol. The molecule has 118 valence electrons. The minimum absolute atomic E-state index is 0.00183. The molecule has 1 rings (SSSR count). The molecule has 1 aliphatic heterocycles. The highest BCUT2D eigenvalue weighted by atomic mass is 32.2. The molecule has 0 aromatic heterocycles. The van der Waals surface area contributed by atoms with E-state index in [1.165, 1.54) is 0 Å². The number of carbonyl (C=O) groups is 1. The van der Waals surface area contributed by atoms with Crippen molar-refractivity contribution in [2.24, 2.45) is 10.9 Å². The van der Waals surface area contributed by atoms with E-state index in [-0.39, 0.29) is 18.9 Å². The average molecular weight is 307 g/mol. The first-order chi connectivity index (χ1) is 9.45. The van der Waals surface area contributed by atoms with Crippen LogP contribution in [0.2, 0.25) is 0 Å². The number of primary sulfonamides is 1. The fourth-order valence-electron chi connectivity index (χ4n) is 2.08. The third-order valence-electron chi connectivity index (χ3n) is 3.23. The van der Waals surface area contributed by atoms with E-state index in [1.54, 1.807) is 4.90 Å². The highest BCUT2D eigenvalue weighted by Gasteiger charge is 2.35. The van der Waals surface area contributed by atoms with Crippen molar-refractivity contribution >= 4 is 15.9 Å². The second kappa shape index (κ2) is 8.53. The van der Waals surface area contributed by atoms with Gasteiger partial charge < -0.3 is 21.3 Å². The van der Waals surface area contributed by atoms with E-state index >= 15 is 0 Å². The van der Waals surface area contributed by atoms with Gasteiger partial charge in [-0.1, -0.05) is 0 Å². The van der Waals surface area contributed by atoms with Crippen molar-refractivity contribution in [2.75, 3.05) is 45.8 Å². The van der Waals surface area contributed by atoms with E-state index in [2.05, 4.69) is 10.6 Å². The van der Waals surface area contributed by atoms with Crippen molar-refractivity contribution in [2.45, 2.75) is 18.1 Å². The fourth-order valence-corrected chi connectivity index (χ4v) is 2.84. The molecule has 1 heterocycles. The standard InChI is InChI=1S/C11H25N5O3S/c12-2-5-14-3-1-4-15-6-7-16-9-10(8-11(16)17)20(13,18)19/h10,14-15H,1-9,12H2,(H2,13,18,19). The van der Waals surface area contributed by atoms with Crippen LogP contribution in [-0.4, -0.2) is 70.3 Å². The first-order valence-electron chi connectivity index (χ1n) is 6.86. The number of rotatable bonds is 10. The summed E-state index contributed by atoms with van der Waals surface area (Å²) >= 11 is 0. The molecule has 20 heavy (non-hydrogen) atoms. The zero-order valence-corrected chi connectivity index (χ0v) is 12.5. The van der Waals surface area contributed by atoms with Crippen LogP contribution in [-0.2, 0) is 14.8 Å². The summed E-state index contributed by atoms with van der Waals surface area (Å²) in [7, 11) is -3.62. The van der Waals surface area contributed by atoms with Gasteiger partial charge in [0.05, 0.1) is 0 Å². The van der Waals surface area contributed by atoms with Crippen molar-refractivity contribution in [1.29, 1.82) is 0 Å². The smallest absolute Gasteiger partial charge is 0.224 e. The topological polar surface area (TPSA) is 131 Å². The van der Waals surface area contributed by atoms with Crippen molar-refractivity contribution in [3.05, 3.63) is 0 Å². The summed E-state index contributed by atoms with van der Waals surface area (Å²) < 4.78 is 22.4. The normalized spacial score (nSPS) is 19.8. The predicted octanol–water partition coefficient (Wildman–Crippen LogP) is -2.60. The summed E-state index contributed by atoms with van der Waals surface area (Å²) in [5.41, 5.74) is 5.35. The third kappa shape index (κ3) is 6.14. The molecule has 1 unspecified atom stereocenters. The Morgan fingerprint density at radius 2 is 1.85 bits per heavy atom. The molecule has 0 radical (unpaired) electrons. The zero-order valence-electron chi connectivity index (χ0n) is 11.7.